The Hall–Kier alpha value is -3.37. The second-order valence-electron chi connectivity index (χ2n) is 6.99. The first kappa shape index (κ1) is 23.3. The summed E-state index contributed by atoms with van der Waals surface area (Å²) in [4.78, 5) is 11.7. The number of alkyl halides is 3. The van der Waals surface area contributed by atoms with Crippen molar-refractivity contribution >= 4 is 33.0 Å². The average Bonchev–Trinajstić information content (AvgIpc) is 2.75. The SMILES string of the molecule is CC(O)(C(=O)Nc1ccc(S(=O)(=O)N(c2ccccc2)c2ccccc2)cc1)C(F)(F)F. The lowest BCUT2D eigenvalue weighted by molar-refractivity contribution is -0.242. The summed E-state index contributed by atoms with van der Waals surface area (Å²) in [5.41, 5.74) is -2.94. The Labute approximate surface area is 183 Å². The maximum absolute atomic E-state index is 13.4. The summed E-state index contributed by atoms with van der Waals surface area (Å²) in [7, 11) is -4.11. The van der Waals surface area contributed by atoms with Crippen LogP contribution in [0.25, 0.3) is 0 Å². The van der Waals surface area contributed by atoms with Crippen LogP contribution < -0.4 is 9.62 Å². The number of anilines is 3. The highest BCUT2D eigenvalue weighted by Gasteiger charge is 2.55. The number of rotatable bonds is 6. The molecule has 2 N–H and O–H groups in total. The number of carbonyl (C=O) groups is 1. The van der Waals surface area contributed by atoms with Gasteiger partial charge in [-0.25, -0.2) is 12.7 Å². The van der Waals surface area contributed by atoms with Gasteiger partial charge in [-0.3, -0.25) is 4.79 Å². The van der Waals surface area contributed by atoms with Gasteiger partial charge in [0, 0.05) is 5.69 Å². The van der Waals surface area contributed by atoms with E-state index in [4.69, 9.17) is 0 Å². The zero-order valence-corrected chi connectivity index (χ0v) is 17.6. The van der Waals surface area contributed by atoms with E-state index < -0.39 is 27.7 Å². The van der Waals surface area contributed by atoms with Gasteiger partial charge in [-0.2, -0.15) is 13.2 Å². The molecule has 0 aliphatic carbocycles. The molecule has 3 aromatic carbocycles. The first-order chi connectivity index (χ1) is 14.9. The van der Waals surface area contributed by atoms with Gasteiger partial charge in [0.2, 0.25) is 5.60 Å². The van der Waals surface area contributed by atoms with Crippen LogP contribution in [-0.4, -0.2) is 31.2 Å². The summed E-state index contributed by atoms with van der Waals surface area (Å²) in [5, 5.41) is 11.4. The smallest absolute Gasteiger partial charge is 0.373 e. The summed E-state index contributed by atoms with van der Waals surface area (Å²) in [6.07, 6.45) is -5.17. The molecule has 32 heavy (non-hydrogen) atoms. The van der Waals surface area contributed by atoms with Gasteiger partial charge in [-0.05, 0) is 55.5 Å². The third-order valence-corrected chi connectivity index (χ3v) is 6.40. The largest absolute Gasteiger partial charge is 0.426 e. The molecule has 1 unspecified atom stereocenters. The van der Waals surface area contributed by atoms with Crippen molar-refractivity contribution in [1.29, 1.82) is 0 Å². The van der Waals surface area contributed by atoms with Gasteiger partial charge in [0.05, 0.1) is 16.3 Å². The normalized spacial score (nSPS) is 13.8. The van der Waals surface area contributed by atoms with Gasteiger partial charge < -0.3 is 10.4 Å². The maximum atomic E-state index is 13.4. The number of nitrogens with one attached hydrogen (secondary N) is 1. The summed E-state index contributed by atoms with van der Waals surface area (Å²) >= 11 is 0. The average molecular weight is 464 g/mol. The minimum Gasteiger partial charge on any atom is -0.373 e. The first-order valence-corrected chi connectivity index (χ1v) is 10.7. The number of benzene rings is 3. The van der Waals surface area contributed by atoms with E-state index >= 15 is 0 Å². The molecule has 0 saturated carbocycles. The standard InChI is InChI=1S/C22H19F3N2O4S/c1-21(29,22(23,24)25)20(28)26-16-12-14-19(15-13-16)32(30,31)27(17-8-4-2-5-9-17)18-10-6-3-7-11-18/h2-15,29H,1H3,(H,26,28). The highest BCUT2D eigenvalue weighted by molar-refractivity contribution is 7.93. The number of aliphatic hydroxyl groups is 1. The molecule has 0 aliphatic rings. The predicted molar refractivity (Wildman–Crippen MR) is 114 cm³/mol. The van der Waals surface area contributed by atoms with Crippen molar-refractivity contribution in [3.05, 3.63) is 84.9 Å². The highest BCUT2D eigenvalue weighted by atomic mass is 32.2. The van der Waals surface area contributed by atoms with Crippen LogP contribution in [-0.2, 0) is 14.8 Å². The zero-order chi connectivity index (χ0) is 23.6. The van der Waals surface area contributed by atoms with Crippen molar-refractivity contribution in [2.24, 2.45) is 0 Å². The van der Waals surface area contributed by atoms with Crippen LogP contribution in [0.3, 0.4) is 0 Å². The molecule has 3 aromatic rings. The molecule has 1 amide bonds. The van der Waals surface area contributed by atoms with Crippen molar-refractivity contribution in [2.75, 3.05) is 9.62 Å². The van der Waals surface area contributed by atoms with Gasteiger partial charge >= 0.3 is 6.18 Å². The quantitative estimate of drug-likeness (QED) is 0.564. The third-order valence-electron chi connectivity index (χ3n) is 4.63. The van der Waals surface area contributed by atoms with Gasteiger partial charge in [-0.15, -0.1) is 0 Å². The Kier molecular flexibility index (Phi) is 6.29. The molecule has 0 saturated heterocycles. The molecule has 1 atom stereocenters. The molecule has 0 heterocycles. The van der Waals surface area contributed by atoms with Crippen molar-refractivity contribution in [2.45, 2.75) is 23.6 Å². The number of hydrogen-bond donors (Lipinski definition) is 2. The van der Waals surface area contributed by atoms with E-state index in [0.29, 0.717) is 18.3 Å². The van der Waals surface area contributed by atoms with Gasteiger partial charge in [0.15, 0.2) is 0 Å². The number of halogens is 3. The number of hydrogen-bond acceptors (Lipinski definition) is 4. The van der Waals surface area contributed by atoms with Gasteiger partial charge in [-0.1, -0.05) is 36.4 Å². The molecular formula is C22H19F3N2O4S. The number of para-hydroxylation sites is 2. The van der Waals surface area contributed by atoms with Crippen LogP contribution in [0.2, 0.25) is 0 Å². The Morgan fingerprint density at radius 3 is 1.69 bits per heavy atom. The van der Waals surface area contributed by atoms with Crippen molar-refractivity contribution in [3.8, 4) is 0 Å². The van der Waals surface area contributed by atoms with Crippen molar-refractivity contribution in [1.82, 2.24) is 0 Å². The molecular weight excluding hydrogens is 445 g/mol. The maximum Gasteiger partial charge on any atom is 0.426 e. The molecule has 6 nitrogen and oxygen atoms in total. The van der Waals surface area contributed by atoms with Crippen LogP contribution in [0, 0.1) is 0 Å². The second kappa shape index (κ2) is 8.64. The van der Waals surface area contributed by atoms with E-state index in [1.165, 1.54) is 0 Å². The van der Waals surface area contributed by atoms with Gasteiger partial charge in [0.1, 0.15) is 0 Å². The lowest BCUT2D eigenvalue weighted by atomic mass is 10.1. The first-order valence-electron chi connectivity index (χ1n) is 9.30. The molecule has 0 fully saturated rings. The van der Waals surface area contributed by atoms with E-state index in [1.807, 2.05) is 5.32 Å². The minimum absolute atomic E-state index is 0.107. The molecule has 0 spiro atoms. The van der Waals surface area contributed by atoms with E-state index in [2.05, 4.69) is 0 Å². The van der Waals surface area contributed by atoms with Crippen LogP contribution in [0.15, 0.2) is 89.8 Å². The summed E-state index contributed by atoms with van der Waals surface area (Å²) < 4.78 is 66.4. The number of sulfonamides is 1. The van der Waals surface area contributed by atoms with Gasteiger partial charge in [0.25, 0.3) is 15.9 Å². The zero-order valence-electron chi connectivity index (χ0n) is 16.7. The van der Waals surface area contributed by atoms with E-state index in [0.717, 1.165) is 28.6 Å². The summed E-state index contributed by atoms with van der Waals surface area (Å²) in [5.74, 6) is -1.68. The van der Waals surface area contributed by atoms with Crippen molar-refractivity contribution < 1.29 is 31.5 Å². The summed E-state index contributed by atoms with van der Waals surface area (Å²) in [6.45, 7) is 0.332. The lowest BCUT2D eigenvalue weighted by Gasteiger charge is -2.25. The fraction of sp³-hybridized carbons (Fsp3) is 0.136. The Morgan fingerprint density at radius 1 is 0.844 bits per heavy atom. The fourth-order valence-corrected chi connectivity index (χ4v) is 4.24. The Morgan fingerprint density at radius 2 is 1.28 bits per heavy atom. The van der Waals surface area contributed by atoms with E-state index in [-0.39, 0.29) is 10.6 Å². The minimum atomic E-state index is -5.17. The summed E-state index contributed by atoms with van der Waals surface area (Å²) in [6, 6.07) is 21.3. The number of nitrogens with zero attached hydrogens (tertiary/aromatic N) is 1. The molecule has 10 heteroatoms. The van der Waals surface area contributed by atoms with Crippen LogP contribution in [0.1, 0.15) is 6.92 Å². The molecule has 168 valence electrons. The molecule has 3 rings (SSSR count). The van der Waals surface area contributed by atoms with E-state index in [1.54, 1.807) is 60.7 Å². The molecule has 0 aliphatic heterocycles. The Balaban J connectivity index is 1.93. The van der Waals surface area contributed by atoms with Crippen molar-refractivity contribution in [3.63, 3.8) is 0 Å². The second-order valence-corrected chi connectivity index (χ2v) is 8.78. The highest BCUT2D eigenvalue weighted by Crippen LogP contribution is 2.33. The van der Waals surface area contributed by atoms with E-state index in [9.17, 15) is 31.5 Å². The number of amides is 1. The van der Waals surface area contributed by atoms with Crippen LogP contribution in [0.4, 0.5) is 30.2 Å². The fourth-order valence-electron chi connectivity index (χ4n) is 2.75. The van der Waals surface area contributed by atoms with Crippen LogP contribution in [0.5, 0.6) is 0 Å². The lowest BCUT2D eigenvalue weighted by Crippen LogP contribution is -2.52. The number of carbonyl (C=O) groups excluding carboxylic acids is 1. The predicted octanol–water partition coefficient (Wildman–Crippen LogP) is 4.47. The molecule has 0 bridgehead atoms. The molecule has 0 aromatic heterocycles. The van der Waals surface area contributed by atoms with Crippen LogP contribution >= 0.6 is 0 Å². The topological polar surface area (TPSA) is 86.7 Å². The monoisotopic (exact) mass is 464 g/mol. The molecule has 0 radical (unpaired) electrons. The Bertz CT molecular complexity index is 1140. The third kappa shape index (κ3) is 4.61.